The largest absolute Gasteiger partial charge is 0.468 e. The number of ether oxygens (including phenoxy) is 3. The first-order chi connectivity index (χ1) is 10.3. The molecule has 0 aliphatic carbocycles. The summed E-state index contributed by atoms with van der Waals surface area (Å²) >= 11 is 0. The summed E-state index contributed by atoms with van der Waals surface area (Å²) in [6, 6.07) is 9.43. The molecular formula is C16H23NO4. The SMILES string of the molecule is COC(=O)C(COC1CCCCO1)NCc1ccccc1. The summed E-state index contributed by atoms with van der Waals surface area (Å²) in [7, 11) is 1.39. The fraction of sp³-hybridized carbons (Fsp3) is 0.562. The average molecular weight is 293 g/mol. The number of nitrogens with one attached hydrogen (secondary N) is 1. The quantitative estimate of drug-likeness (QED) is 0.778. The number of carbonyl (C=O) groups is 1. The second-order valence-corrected chi connectivity index (χ2v) is 5.07. The maximum Gasteiger partial charge on any atom is 0.325 e. The molecule has 0 amide bonds. The summed E-state index contributed by atoms with van der Waals surface area (Å²) in [6.07, 6.45) is 2.86. The maximum absolute atomic E-state index is 11.8. The zero-order chi connectivity index (χ0) is 14.9. The highest BCUT2D eigenvalue weighted by molar-refractivity contribution is 5.75. The van der Waals surface area contributed by atoms with Gasteiger partial charge in [-0.2, -0.15) is 0 Å². The van der Waals surface area contributed by atoms with Gasteiger partial charge in [0.25, 0.3) is 0 Å². The Bertz CT molecular complexity index is 418. The molecule has 1 N–H and O–H groups in total. The summed E-state index contributed by atoms with van der Waals surface area (Å²) in [6.45, 7) is 1.57. The van der Waals surface area contributed by atoms with Gasteiger partial charge in [-0.15, -0.1) is 0 Å². The summed E-state index contributed by atoms with van der Waals surface area (Å²) in [5, 5.41) is 3.17. The minimum atomic E-state index is -0.485. The molecule has 2 rings (SSSR count). The molecule has 0 aromatic heterocycles. The predicted molar refractivity (Wildman–Crippen MR) is 78.6 cm³/mol. The van der Waals surface area contributed by atoms with Gasteiger partial charge >= 0.3 is 5.97 Å². The van der Waals surface area contributed by atoms with Crippen molar-refractivity contribution in [2.75, 3.05) is 20.3 Å². The Balaban J connectivity index is 1.81. The van der Waals surface area contributed by atoms with E-state index in [-0.39, 0.29) is 18.9 Å². The molecule has 1 saturated heterocycles. The number of hydrogen-bond acceptors (Lipinski definition) is 5. The van der Waals surface area contributed by atoms with Crippen molar-refractivity contribution >= 4 is 5.97 Å². The van der Waals surface area contributed by atoms with Crippen LogP contribution in [0.2, 0.25) is 0 Å². The van der Waals surface area contributed by atoms with Gasteiger partial charge in [-0.05, 0) is 24.8 Å². The van der Waals surface area contributed by atoms with Crippen LogP contribution in [-0.2, 0) is 25.5 Å². The number of hydrogen-bond donors (Lipinski definition) is 1. The number of methoxy groups -OCH3 is 1. The lowest BCUT2D eigenvalue weighted by Gasteiger charge is -2.25. The van der Waals surface area contributed by atoms with Gasteiger partial charge in [0.1, 0.15) is 6.04 Å². The highest BCUT2D eigenvalue weighted by Crippen LogP contribution is 2.14. The van der Waals surface area contributed by atoms with Crippen molar-refractivity contribution in [3.05, 3.63) is 35.9 Å². The van der Waals surface area contributed by atoms with Crippen molar-refractivity contribution in [3.63, 3.8) is 0 Å². The molecule has 0 spiro atoms. The Hall–Kier alpha value is -1.43. The zero-order valence-electron chi connectivity index (χ0n) is 12.4. The van der Waals surface area contributed by atoms with E-state index in [0.717, 1.165) is 31.4 Å². The van der Waals surface area contributed by atoms with Crippen LogP contribution in [0, 0.1) is 0 Å². The van der Waals surface area contributed by atoms with Gasteiger partial charge in [-0.25, -0.2) is 0 Å². The Labute approximate surface area is 125 Å². The highest BCUT2D eigenvalue weighted by atomic mass is 16.7. The maximum atomic E-state index is 11.8. The molecule has 0 radical (unpaired) electrons. The zero-order valence-corrected chi connectivity index (χ0v) is 12.4. The van der Waals surface area contributed by atoms with Crippen LogP contribution in [0.5, 0.6) is 0 Å². The van der Waals surface area contributed by atoms with Crippen LogP contribution in [0.1, 0.15) is 24.8 Å². The molecule has 2 atom stereocenters. The van der Waals surface area contributed by atoms with E-state index in [1.807, 2.05) is 30.3 Å². The molecule has 5 nitrogen and oxygen atoms in total. The first kappa shape index (κ1) is 15.9. The topological polar surface area (TPSA) is 56.8 Å². The Morgan fingerprint density at radius 2 is 2.19 bits per heavy atom. The molecule has 1 fully saturated rings. The molecule has 5 heteroatoms. The Kier molecular flexibility index (Phi) is 6.66. The fourth-order valence-corrected chi connectivity index (χ4v) is 2.24. The van der Waals surface area contributed by atoms with Gasteiger partial charge in [0.15, 0.2) is 6.29 Å². The number of esters is 1. The van der Waals surface area contributed by atoms with E-state index < -0.39 is 6.04 Å². The lowest BCUT2D eigenvalue weighted by Crippen LogP contribution is -2.42. The molecule has 2 unspecified atom stereocenters. The molecule has 116 valence electrons. The fourth-order valence-electron chi connectivity index (χ4n) is 2.24. The first-order valence-corrected chi connectivity index (χ1v) is 7.38. The number of benzene rings is 1. The Morgan fingerprint density at radius 1 is 1.38 bits per heavy atom. The number of rotatable bonds is 7. The third kappa shape index (κ3) is 5.46. The summed E-state index contributed by atoms with van der Waals surface area (Å²) < 4.78 is 16.0. The smallest absolute Gasteiger partial charge is 0.325 e. The third-order valence-electron chi connectivity index (χ3n) is 3.47. The van der Waals surface area contributed by atoms with Gasteiger partial charge in [0.2, 0.25) is 0 Å². The van der Waals surface area contributed by atoms with Crippen molar-refractivity contribution < 1.29 is 19.0 Å². The van der Waals surface area contributed by atoms with E-state index in [1.54, 1.807) is 0 Å². The molecule has 0 saturated carbocycles. The second kappa shape index (κ2) is 8.77. The van der Waals surface area contributed by atoms with Crippen LogP contribution in [0.25, 0.3) is 0 Å². The van der Waals surface area contributed by atoms with Crippen LogP contribution in [0.3, 0.4) is 0 Å². The monoisotopic (exact) mass is 293 g/mol. The highest BCUT2D eigenvalue weighted by Gasteiger charge is 2.22. The van der Waals surface area contributed by atoms with Gasteiger partial charge < -0.3 is 14.2 Å². The van der Waals surface area contributed by atoms with Crippen molar-refractivity contribution in [3.8, 4) is 0 Å². The molecule has 1 heterocycles. The molecule has 1 aromatic rings. The molecular weight excluding hydrogens is 270 g/mol. The van der Waals surface area contributed by atoms with Crippen molar-refractivity contribution in [2.45, 2.75) is 38.1 Å². The predicted octanol–water partition coefficient (Wildman–Crippen LogP) is 1.86. The van der Waals surface area contributed by atoms with Gasteiger partial charge in [-0.3, -0.25) is 10.1 Å². The molecule has 21 heavy (non-hydrogen) atoms. The van der Waals surface area contributed by atoms with Gasteiger partial charge in [-0.1, -0.05) is 30.3 Å². The summed E-state index contributed by atoms with van der Waals surface area (Å²) in [5.74, 6) is -0.318. The van der Waals surface area contributed by atoms with Crippen molar-refractivity contribution in [1.82, 2.24) is 5.32 Å². The van der Waals surface area contributed by atoms with Gasteiger partial charge in [0.05, 0.1) is 13.7 Å². The lowest BCUT2D eigenvalue weighted by molar-refractivity contribution is -0.172. The second-order valence-electron chi connectivity index (χ2n) is 5.07. The van der Waals surface area contributed by atoms with E-state index in [1.165, 1.54) is 7.11 Å². The van der Waals surface area contributed by atoms with Crippen LogP contribution >= 0.6 is 0 Å². The number of carbonyl (C=O) groups excluding carboxylic acids is 1. The van der Waals surface area contributed by atoms with Crippen LogP contribution in [0.15, 0.2) is 30.3 Å². The van der Waals surface area contributed by atoms with E-state index in [0.29, 0.717) is 6.54 Å². The van der Waals surface area contributed by atoms with Crippen molar-refractivity contribution in [2.24, 2.45) is 0 Å². The van der Waals surface area contributed by atoms with Crippen LogP contribution < -0.4 is 5.32 Å². The van der Waals surface area contributed by atoms with Crippen LogP contribution in [0.4, 0.5) is 0 Å². The minimum Gasteiger partial charge on any atom is -0.468 e. The normalized spacial score (nSPS) is 20.0. The summed E-state index contributed by atoms with van der Waals surface area (Å²) in [4.78, 5) is 11.8. The summed E-state index contributed by atoms with van der Waals surface area (Å²) in [5.41, 5.74) is 1.11. The van der Waals surface area contributed by atoms with Crippen LogP contribution in [-0.4, -0.2) is 38.6 Å². The van der Waals surface area contributed by atoms with E-state index in [2.05, 4.69) is 5.32 Å². The molecule has 0 bridgehead atoms. The third-order valence-corrected chi connectivity index (χ3v) is 3.47. The molecule has 1 aliphatic rings. The van der Waals surface area contributed by atoms with E-state index in [9.17, 15) is 4.79 Å². The van der Waals surface area contributed by atoms with E-state index in [4.69, 9.17) is 14.2 Å². The molecule has 1 aliphatic heterocycles. The lowest BCUT2D eigenvalue weighted by atomic mass is 10.2. The molecule has 1 aromatic carbocycles. The standard InChI is InChI=1S/C16H23NO4/c1-19-16(18)14(12-21-15-9-5-6-10-20-15)17-11-13-7-3-2-4-8-13/h2-4,7-8,14-15,17H,5-6,9-12H2,1H3. The first-order valence-electron chi connectivity index (χ1n) is 7.38. The van der Waals surface area contributed by atoms with E-state index >= 15 is 0 Å². The minimum absolute atomic E-state index is 0.204. The average Bonchev–Trinajstić information content (AvgIpc) is 2.56. The Morgan fingerprint density at radius 3 is 2.86 bits per heavy atom. The van der Waals surface area contributed by atoms with Gasteiger partial charge in [0, 0.05) is 13.2 Å². The van der Waals surface area contributed by atoms with Crippen molar-refractivity contribution in [1.29, 1.82) is 0 Å².